The molecule has 1 aromatic rings. The number of aryl methyl sites for hydroxylation is 1. The first kappa shape index (κ1) is 15.7. The van der Waals surface area contributed by atoms with E-state index in [1.54, 1.807) is 4.80 Å². The van der Waals surface area contributed by atoms with Crippen molar-refractivity contribution in [1.29, 1.82) is 0 Å². The monoisotopic (exact) mass is 266 g/mol. The largest absolute Gasteiger partial charge is 0.396 e. The van der Waals surface area contributed by atoms with Crippen LogP contribution in [0.4, 0.5) is 0 Å². The normalized spacial score (nSPS) is 13.7. The predicted octanol–water partition coefficient (Wildman–Crippen LogP) is 3.01. The minimum absolute atomic E-state index is 0.0886. The highest BCUT2D eigenvalue weighted by atomic mass is 16.6. The Morgan fingerprint density at radius 1 is 1.26 bits per heavy atom. The Morgan fingerprint density at radius 2 is 1.89 bits per heavy atom. The van der Waals surface area contributed by atoms with Crippen LogP contribution in [-0.2, 0) is 16.8 Å². The summed E-state index contributed by atoms with van der Waals surface area (Å²) >= 11 is 0. The zero-order valence-electron chi connectivity index (χ0n) is 13.2. The molecule has 0 aliphatic carbocycles. The van der Waals surface area contributed by atoms with Gasteiger partial charge in [0, 0.05) is 5.41 Å². The Labute approximate surface area is 116 Å². The summed E-state index contributed by atoms with van der Waals surface area (Å²) in [6.07, 6.45) is 1.82. The number of hydrogen-bond acceptors (Lipinski definition) is 4. The second-order valence-electron chi connectivity index (χ2n) is 6.15. The second-order valence-corrected chi connectivity index (χ2v) is 6.15. The molecule has 0 aliphatic rings. The number of hydrogen-bond donors (Lipinski definition) is 0. The van der Waals surface area contributed by atoms with Gasteiger partial charge in [-0.1, -0.05) is 25.9 Å². The first-order valence-corrected chi connectivity index (χ1v) is 6.85. The average Bonchev–Trinajstić information content (AvgIpc) is 2.76. The van der Waals surface area contributed by atoms with E-state index in [-0.39, 0.29) is 10.8 Å². The molecular weight excluding hydrogens is 240 g/mol. The van der Waals surface area contributed by atoms with Crippen LogP contribution in [0.25, 0.3) is 0 Å². The van der Waals surface area contributed by atoms with Gasteiger partial charge in [-0.15, -0.1) is 0 Å². The number of rotatable bonds is 5. The molecule has 0 unspecified atom stereocenters. The maximum atomic E-state index is 5.30. The van der Waals surface area contributed by atoms with Crippen molar-refractivity contribution in [2.24, 2.45) is 10.6 Å². The van der Waals surface area contributed by atoms with Gasteiger partial charge in [0.2, 0.25) is 0 Å². The average molecular weight is 266 g/mol. The van der Waals surface area contributed by atoms with Crippen molar-refractivity contribution in [2.45, 2.75) is 60.4 Å². The molecule has 0 bridgehead atoms. The van der Waals surface area contributed by atoms with Crippen LogP contribution in [0.1, 0.15) is 54.2 Å². The fraction of sp³-hybridized carbons (Fsp3) is 0.786. The Balaban J connectivity index is 3.19. The summed E-state index contributed by atoms with van der Waals surface area (Å²) in [5.74, 6) is 0. The third-order valence-corrected chi connectivity index (χ3v) is 3.05. The molecule has 0 saturated heterocycles. The first-order valence-electron chi connectivity index (χ1n) is 6.85. The van der Waals surface area contributed by atoms with Gasteiger partial charge in [-0.3, -0.25) is 0 Å². The summed E-state index contributed by atoms with van der Waals surface area (Å²) in [4.78, 5) is 6.99. The molecular formula is C14H26N4O. The molecule has 0 atom stereocenters. The molecule has 5 heteroatoms. The molecule has 1 rings (SSSR count). The molecule has 0 N–H and O–H groups in total. The summed E-state index contributed by atoms with van der Waals surface area (Å²) in [6, 6.07) is 0. The van der Waals surface area contributed by atoms with Gasteiger partial charge in [-0.25, -0.2) is 0 Å². The molecule has 1 aromatic heterocycles. The summed E-state index contributed by atoms with van der Waals surface area (Å²) in [7, 11) is 0. The Bertz CT molecular complexity index is 441. The van der Waals surface area contributed by atoms with Crippen molar-refractivity contribution in [2.75, 3.05) is 6.61 Å². The molecule has 0 saturated carbocycles. The van der Waals surface area contributed by atoms with E-state index in [0.29, 0.717) is 6.61 Å². The van der Waals surface area contributed by atoms with E-state index in [9.17, 15) is 0 Å². The van der Waals surface area contributed by atoms with E-state index >= 15 is 0 Å². The van der Waals surface area contributed by atoms with Crippen LogP contribution >= 0.6 is 0 Å². The highest BCUT2D eigenvalue weighted by Gasteiger charge is 2.38. The molecule has 0 aromatic carbocycles. The van der Waals surface area contributed by atoms with Crippen LogP contribution in [0.2, 0.25) is 0 Å². The molecule has 19 heavy (non-hydrogen) atoms. The highest BCUT2D eigenvalue weighted by molar-refractivity contribution is 5.97. The van der Waals surface area contributed by atoms with Crippen LogP contribution in [-0.4, -0.2) is 27.3 Å². The Morgan fingerprint density at radius 3 is 2.32 bits per heavy atom. The number of oxime groups is 1. The zero-order valence-corrected chi connectivity index (χ0v) is 13.2. The molecule has 108 valence electrons. The van der Waals surface area contributed by atoms with Gasteiger partial charge in [0.05, 0.1) is 29.6 Å². The SMILES string of the molecule is CCO/N=C(/C(C)(C)C)C(C)(C)c1cnn(CC)n1. The zero-order chi connectivity index (χ0) is 14.7. The van der Waals surface area contributed by atoms with Gasteiger partial charge >= 0.3 is 0 Å². The fourth-order valence-corrected chi connectivity index (χ4v) is 2.18. The van der Waals surface area contributed by atoms with E-state index in [1.165, 1.54) is 0 Å². The Kier molecular flexibility index (Phi) is 4.71. The van der Waals surface area contributed by atoms with E-state index in [2.05, 4.69) is 50.0 Å². The lowest BCUT2D eigenvalue weighted by Gasteiger charge is -2.32. The van der Waals surface area contributed by atoms with Crippen LogP contribution in [0.5, 0.6) is 0 Å². The molecule has 0 amide bonds. The van der Waals surface area contributed by atoms with Gasteiger partial charge in [0.25, 0.3) is 0 Å². The van der Waals surface area contributed by atoms with Crippen LogP contribution in [0.3, 0.4) is 0 Å². The van der Waals surface area contributed by atoms with Gasteiger partial charge < -0.3 is 4.84 Å². The minimum atomic E-state index is -0.305. The third kappa shape index (κ3) is 3.55. The van der Waals surface area contributed by atoms with Gasteiger partial charge in [-0.05, 0) is 27.7 Å². The molecule has 1 heterocycles. The van der Waals surface area contributed by atoms with Crippen molar-refractivity contribution in [1.82, 2.24) is 15.0 Å². The van der Waals surface area contributed by atoms with E-state index in [0.717, 1.165) is 18.0 Å². The molecule has 5 nitrogen and oxygen atoms in total. The molecule has 0 fully saturated rings. The quantitative estimate of drug-likeness (QED) is 0.608. The standard InChI is InChI=1S/C14H26N4O/c1-8-18-15-10-11(16-18)14(6,7)12(13(3,4)5)17-19-9-2/h10H,8-9H2,1-7H3/b17-12-. The fourth-order valence-electron chi connectivity index (χ4n) is 2.18. The van der Waals surface area contributed by atoms with Gasteiger partial charge in [0.15, 0.2) is 0 Å². The van der Waals surface area contributed by atoms with E-state index in [1.807, 2.05) is 20.0 Å². The van der Waals surface area contributed by atoms with Crippen molar-refractivity contribution in [3.8, 4) is 0 Å². The van der Waals surface area contributed by atoms with Crippen LogP contribution in [0, 0.1) is 5.41 Å². The second kappa shape index (κ2) is 5.72. The lowest BCUT2D eigenvalue weighted by molar-refractivity contribution is 0.152. The smallest absolute Gasteiger partial charge is 0.114 e. The summed E-state index contributed by atoms with van der Waals surface area (Å²) in [5, 5.41) is 13.1. The topological polar surface area (TPSA) is 52.3 Å². The third-order valence-electron chi connectivity index (χ3n) is 3.05. The molecule has 0 spiro atoms. The predicted molar refractivity (Wildman–Crippen MR) is 77.2 cm³/mol. The summed E-state index contributed by atoms with van der Waals surface area (Å²) in [6.45, 7) is 15.9. The van der Waals surface area contributed by atoms with Crippen molar-refractivity contribution in [3.05, 3.63) is 11.9 Å². The van der Waals surface area contributed by atoms with Crippen molar-refractivity contribution >= 4 is 5.71 Å². The Hall–Kier alpha value is -1.39. The number of aromatic nitrogens is 3. The minimum Gasteiger partial charge on any atom is -0.396 e. The maximum absolute atomic E-state index is 5.30. The highest BCUT2D eigenvalue weighted by Crippen LogP contribution is 2.33. The summed E-state index contributed by atoms with van der Waals surface area (Å²) in [5.41, 5.74) is 1.50. The lowest BCUT2D eigenvalue weighted by atomic mass is 9.72. The first-order chi connectivity index (χ1) is 8.73. The van der Waals surface area contributed by atoms with Crippen LogP contribution < -0.4 is 0 Å². The van der Waals surface area contributed by atoms with E-state index in [4.69, 9.17) is 4.84 Å². The maximum Gasteiger partial charge on any atom is 0.114 e. The molecule has 0 radical (unpaired) electrons. The number of nitrogens with zero attached hydrogens (tertiary/aromatic N) is 4. The van der Waals surface area contributed by atoms with E-state index < -0.39 is 0 Å². The van der Waals surface area contributed by atoms with Crippen molar-refractivity contribution < 1.29 is 4.84 Å². The van der Waals surface area contributed by atoms with Crippen LogP contribution in [0.15, 0.2) is 11.4 Å². The lowest BCUT2D eigenvalue weighted by Crippen LogP contribution is -2.39. The summed E-state index contributed by atoms with van der Waals surface area (Å²) < 4.78 is 0. The van der Waals surface area contributed by atoms with Gasteiger partial charge in [0.1, 0.15) is 6.61 Å². The van der Waals surface area contributed by atoms with Crippen molar-refractivity contribution in [3.63, 3.8) is 0 Å². The van der Waals surface area contributed by atoms with Gasteiger partial charge in [-0.2, -0.15) is 15.0 Å². The molecule has 0 aliphatic heterocycles.